The van der Waals surface area contributed by atoms with Gasteiger partial charge in [0, 0.05) is 34.7 Å². The van der Waals surface area contributed by atoms with Gasteiger partial charge in [0.05, 0.1) is 5.25 Å². The number of pyridine rings is 1. The van der Waals surface area contributed by atoms with Crippen LogP contribution in [-0.2, 0) is 4.79 Å². The Morgan fingerprint density at radius 2 is 1.70 bits per heavy atom. The molecule has 2 aromatic heterocycles. The second kappa shape index (κ2) is 9.26. The summed E-state index contributed by atoms with van der Waals surface area (Å²) in [5.74, 6) is 0.584. The summed E-state index contributed by atoms with van der Waals surface area (Å²) in [6.45, 7) is 1.87. The number of nitrogens with one attached hydrogen (secondary N) is 1. The van der Waals surface area contributed by atoms with E-state index in [0.717, 1.165) is 27.7 Å². The van der Waals surface area contributed by atoms with E-state index in [1.165, 1.54) is 11.8 Å². The third-order valence-electron chi connectivity index (χ3n) is 5.27. The monoisotopic (exact) mass is 451 g/mol. The average molecular weight is 452 g/mol. The van der Waals surface area contributed by atoms with E-state index in [4.69, 9.17) is 0 Å². The Bertz CT molecular complexity index is 1400. The predicted molar refractivity (Wildman–Crippen MR) is 132 cm³/mol. The van der Waals surface area contributed by atoms with E-state index in [0.29, 0.717) is 11.0 Å². The van der Waals surface area contributed by atoms with Crippen LogP contribution in [0.15, 0.2) is 102 Å². The van der Waals surface area contributed by atoms with Gasteiger partial charge in [-0.1, -0.05) is 66.4 Å². The van der Waals surface area contributed by atoms with Crippen molar-refractivity contribution in [1.29, 1.82) is 0 Å². The van der Waals surface area contributed by atoms with Crippen molar-refractivity contribution in [2.75, 3.05) is 5.32 Å². The summed E-state index contributed by atoms with van der Waals surface area (Å²) in [6.07, 6.45) is 3.48. The Morgan fingerprint density at radius 1 is 0.909 bits per heavy atom. The van der Waals surface area contributed by atoms with Gasteiger partial charge in [-0.3, -0.25) is 14.3 Å². The molecule has 0 aliphatic carbocycles. The SMILES string of the molecule is CC(Sc1nnc(-c2cccnc2)n1-c1ccccc1)C(=O)Nc1cccc2ccccc12. The van der Waals surface area contributed by atoms with Crippen molar-refractivity contribution >= 4 is 34.1 Å². The maximum atomic E-state index is 13.1. The molecule has 5 aromatic rings. The fourth-order valence-electron chi connectivity index (χ4n) is 3.62. The number of benzene rings is 3. The van der Waals surface area contributed by atoms with Crippen molar-refractivity contribution in [3.8, 4) is 17.1 Å². The molecule has 3 aromatic carbocycles. The summed E-state index contributed by atoms with van der Waals surface area (Å²) in [7, 11) is 0. The summed E-state index contributed by atoms with van der Waals surface area (Å²) in [5, 5.41) is 14.3. The molecule has 6 nitrogen and oxygen atoms in total. The van der Waals surface area contributed by atoms with E-state index in [9.17, 15) is 4.79 Å². The molecule has 1 atom stereocenters. The van der Waals surface area contributed by atoms with Gasteiger partial charge in [-0.2, -0.15) is 0 Å². The topological polar surface area (TPSA) is 72.7 Å². The van der Waals surface area contributed by atoms with Crippen LogP contribution in [0.4, 0.5) is 5.69 Å². The molecule has 0 saturated carbocycles. The van der Waals surface area contributed by atoms with Crippen molar-refractivity contribution in [3.63, 3.8) is 0 Å². The van der Waals surface area contributed by atoms with Crippen molar-refractivity contribution in [3.05, 3.63) is 97.3 Å². The fraction of sp³-hybridized carbons (Fsp3) is 0.0769. The number of carbonyl (C=O) groups is 1. The molecule has 0 fully saturated rings. The lowest BCUT2D eigenvalue weighted by Crippen LogP contribution is -2.23. The zero-order chi connectivity index (χ0) is 22.6. The molecule has 0 bridgehead atoms. The zero-order valence-electron chi connectivity index (χ0n) is 17.9. The number of amides is 1. The Hall–Kier alpha value is -3.97. The highest BCUT2D eigenvalue weighted by atomic mass is 32.2. The van der Waals surface area contributed by atoms with Gasteiger partial charge in [0.25, 0.3) is 0 Å². The Labute approximate surface area is 195 Å². The van der Waals surface area contributed by atoms with Crippen molar-refractivity contribution in [1.82, 2.24) is 19.7 Å². The first-order valence-electron chi connectivity index (χ1n) is 10.6. The molecule has 1 N–H and O–H groups in total. The van der Waals surface area contributed by atoms with E-state index in [-0.39, 0.29) is 5.91 Å². The molecule has 0 aliphatic heterocycles. The van der Waals surface area contributed by atoms with Gasteiger partial charge in [0.1, 0.15) is 0 Å². The normalized spacial score (nSPS) is 11.9. The molecule has 33 heavy (non-hydrogen) atoms. The van der Waals surface area contributed by atoms with Gasteiger partial charge in [-0.25, -0.2) is 0 Å². The minimum atomic E-state index is -0.391. The second-order valence-corrected chi connectivity index (χ2v) is 8.80. The number of thioether (sulfide) groups is 1. The number of fused-ring (bicyclic) bond motifs is 1. The third kappa shape index (κ3) is 4.36. The van der Waals surface area contributed by atoms with Crippen molar-refractivity contribution < 1.29 is 4.79 Å². The first-order chi connectivity index (χ1) is 16.2. The number of rotatable bonds is 6. The summed E-state index contributed by atoms with van der Waals surface area (Å²) in [4.78, 5) is 17.3. The van der Waals surface area contributed by atoms with Crippen LogP contribution in [0, 0.1) is 0 Å². The van der Waals surface area contributed by atoms with Gasteiger partial charge in [0.15, 0.2) is 11.0 Å². The van der Waals surface area contributed by atoms with E-state index in [2.05, 4.69) is 20.5 Å². The average Bonchev–Trinajstić information content (AvgIpc) is 3.28. The molecule has 162 valence electrons. The minimum absolute atomic E-state index is 0.0955. The number of para-hydroxylation sites is 1. The van der Waals surface area contributed by atoms with E-state index in [1.807, 2.05) is 96.4 Å². The molecule has 0 aliphatic rings. The number of hydrogen-bond acceptors (Lipinski definition) is 5. The molecule has 2 heterocycles. The van der Waals surface area contributed by atoms with Crippen LogP contribution in [0.2, 0.25) is 0 Å². The van der Waals surface area contributed by atoms with Crippen molar-refractivity contribution in [2.24, 2.45) is 0 Å². The van der Waals surface area contributed by atoms with E-state index < -0.39 is 5.25 Å². The van der Waals surface area contributed by atoms with Crippen LogP contribution in [0.3, 0.4) is 0 Å². The Balaban J connectivity index is 1.44. The van der Waals surface area contributed by atoms with Gasteiger partial charge >= 0.3 is 0 Å². The maximum Gasteiger partial charge on any atom is 0.237 e. The van der Waals surface area contributed by atoms with Crippen LogP contribution in [0.25, 0.3) is 27.8 Å². The number of anilines is 1. The minimum Gasteiger partial charge on any atom is -0.325 e. The maximum absolute atomic E-state index is 13.1. The highest BCUT2D eigenvalue weighted by Crippen LogP contribution is 2.31. The Morgan fingerprint density at radius 3 is 2.52 bits per heavy atom. The van der Waals surface area contributed by atoms with Gasteiger partial charge in [0.2, 0.25) is 5.91 Å². The Kier molecular flexibility index (Phi) is 5.87. The van der Waals surface area contributed by atoms with Gasteiger partial charge in [-0.15, -0.1) is 10.2 Å². The summed E-state index contributed by atoms with van der Waals surface area (Å²) < 4.78 is 1.96. The number of nitrogens with zero attached hydrogens (tertiary/aromatic N) is 4. The molecule has 7 heteroatoms. The van der Waals surface area contributed by atoms with E-state index >= 15 is 0 Å². The van der Waals surface area contributed by atoms with Crippen LogP contribution in [-0.4, -0.2) is 30.9 Å². The second-order valence-electron chi connectivity index (χ2n) is 7.49. The van der Waals surface area contributed by atoms with E-state index in [1.54, 1.807) is 12.4 Å². The molecule has 5 rings (SSSR count). The van der Waals surface area contributed by atoms with Crippen LogP contribution in [0.5, 0.6) is 0 Å². The van der Waals surface area contributed by atoms with Crippen LogP contribution in [0.1, 0.15) is 6.92 Å². The first kappa shape index (κ1) is 20.9. The summed E-state index contributed by atoms with van der Waals surface area (Å²) >= 11 is 1.37. The third-order valence-corrected chi connectivity index (χ3v) is 6.31. The molecule has 0 radical (unpaired) electrons. The highest BCUT2D eigenvalue weighted by molar-refractivity contribution is 8.00. The largest absolute Gasteiger partial charge is 0.325 e. The van der Waals surface area contributed by atoms with Gasteiger partial charge < -0.3 is 5.32 Å². The predicted octanol–water partition coefficient (Wildman–Crippen LogP) is 5.60. The molecule has 0 spiro atoms. The quantitative estimate of drug-likeness (QED) is 0.340. The molecule has 1 unspecified atom stereocenters. The fourth-order valence-corrected chi connectivity index (χ4v) is 4.49. The summed E-state index contributed by atoms with van der Waals surface area (Å²) in [6, 6.07) is 27.6. The highest BCUT2D eigenvalue weighted by Gasteiger charge is 2.22. The number of hydrogen-bond donors (Lipinski definition) is 1. The molecular formula is C26H21N5OS. The van der Waals surface area contributed by atoms with Crippen molar-refractivity contribution in [2.45, 2.75) is 17.3 Å². The molecular weight excluding hydrogens is 430 g/mol. The first-order valence-corrected chi connectivity index (χ1v) is 11.5. The lowest BCUT2D eigenvalue weighted by Gasteiger charge is -2.15. The standard InChI is InChI=1S/C26H21N5OS/c1-18(25(32)28-23-15-7-10-19-9-5-6-14-22(19)23)33-26-30-29-24(20-11-8-16-27-17-20)31(26)21-12-3-2-4-13-21/h2-18H,1H3,(H,28,32). The number of carbonyl (C=O) groups excluding carboxylic acids is 1. The lowest BCUT2D eigenvalue weighted by molar-refractivity contribution is -0.115. The van der Waals surface area contributed by atoms with Crippen LogP contribution < -0.4 is 5.32 Å². The van der Waals surface area contributed by atoms with Crippen LogP contribution >= 0.6 is 11.8 Å². The smallest absolute Gasteiger partial charge is 0.237 e. The lowest BCUT2D eigenvalue weighted by atomic mass is 10.1. The van der Waals surface area contributed by atoms with Gasteiger partial charge in [-0.05, 0) is 42.6 Å². The molecule has 1 amide bonds. The zero-order valence-corrected chi connectivity index (χ0v) is 18.7. The molecule has 0 saturated heterocycles. The summed E-state index contributed by atoms with van der Waals surface area (Å²) in [5.41, 5.74) is 2.57. The number of aromatic nitrogens is 4.